The Balaban J connectivity index is 4.46. The highest BCUT2D eigenvalue weighted by Crippen LogP contribution is 2.07. The molecule has 0 rings (SSSR count). The van der Waals surface area contributed by atoms with Crippen molar-refractivity contribution in [2.45, 2.75) is 20.8 Å². The third-order valence-electron chi connectivity index (χ3n) is 1.76. The van der Waals surface area contributed by atoms with E-state index in [9.17, 15) is 0 Å². The summed E-state index contributed by atoms with van der Waals surface area (Å²) in [4.78, 5) is 4.06. The lowest BCUT2D eigenvalue weighted by atomic mass is 10.1. The van der Waals surface area contributed by atoms with Gasteiger partial charge in [0.05, 0.1) is 0 Å². The van der Waals surface area contributed by atoms with Gasteiger partial charge in [0.2, 0.25) is 0 Å². The van der Waals surface area contributed by atoms with Gasteiger partial charge in [-0.25, -0.2) is 4.99 Å². The van der Waals surface area contributed by atoms with Gasteiger partial charge >= 0.3 is 0 Å². The van der Waals surface area contributed by atoms with E-state index in [4.69, 9.17) is 0 Å². The van der Waals surface area contributed by atoms with Crippen LogP contribution in [0.3, 0.4) is 0 Å². The van der Waals surface area contributed by atoms with Crippen LogP contribution < -0.4 is 5.32 Å². The fraction of sp³-hybridized carbons (Fsp3) is 0.500. The number of likely N-dealkylation sites (N-methyl/N-ethyl adjacent to an activating group) is 1. The minimum atomic E-state index is 0.563. The highest BCUT2D eigenvalue weighted by Gasteiger charge is 1.97. The lowest BCUT2D eigenvalue weighted by Gasteiger charge is -2.05. The van der Waals surface area contributed by atoms with E-state index in [-0.39, 0.29) is 0 Å². The van der Waals surface area contributed by atoms with Gasteiger partial charge in [-0.15, -0.1) is 0 Å². The number of hydrogen-bond donors (Lipinski definition) is 1. The Labute approximate surface area is 75.1 Å². The first-order chi connectivity index (χ1) is 5.61. The van der Waals surface area contributed by atoms with Gasteiger partial charge < -0.3 is 5.32 Å². The number of nitrogens with zero attached hydrogens (tertiary/aromatic N) is 1. The predicted octanol–water partition coefficient (Wildman–Crippen LogP) is 2.35. The van der Waals surface area contributed by atoms with E-state index in [1.807, 2.05) is 13.1 Å². The Morgan fingerprint density at radius 1 is 1.50 bits per heavy atom. The summed E-state index contributed by atoms with van der Waals surface area (Å²) in [5.74, 6) is 1.42. The summed E-state index contributed by atoms with van der Waals surface area (Å²) >= 11 is 0. The molecule has 0 aliphatic rings. The summed E-state index contributed by atoms with van der Waals surface area (Å²) in [6.07, 6.45) is 3.57. The van der Waals surface area contributed by atoms with E-state index in [0.717, 1.165) is 5.84 Å². The first kappa shape index (κ1) is 11.0. The van der Waals surface area contributed by atoms with E-state index in [0.29, 0.717) is 5.92 Å². The standard InChI is InChI=1S/C10H18N2/c1-6-12-10(11-5)7-9(4)8(2)3/h6-8H,1H2,2-5H3,(H,11,12)/b9-7+. The fourth-order valence-electron chi connectivity index (χ4n) is 0.655. The molecule has 68 valence electrons. The minimum absolute atomic E-state index is 0.563. The molecule has 0 aromatic carbocycles. The van der Waals surface area contributed by atoms with E-state index in [1.54, 1.807) is 0 Å². The molecule has 0 atom stereocenters. The summed E-state index contributed by atoms with van der Waals surface area (Å²) in [5.41, 5.74) is 1.31. The quantitative estimate of drug-likeness (QED) is 0.505. The van der Waals surface area contributed by atoms with E-state index < -0.39 is 0 Å². The number of aliphatic imine (C=N–C) groups is 1. The van der Waals surface area contributed by atoms with Gasteiger partial charge in [-0.1, -0.05) is 26.0 Å². The van der Waals surface area contributed by atoms with Gasteiger partial charge in [0.15, 0.2) is 0 Å². The van der Waals surface area contributed by atoms with Crippen molar-refractivity contribution in [2.24, 2.45) is 10.9 Å². The molecule has 0 spiro atoms. The molecule has 0 aliphatic carbocycles. The molecule has 0 aliphatic heterocycles. The van der Waals surface area contributed by atoms with Crippen LogP contribution in [0.2, 0.25) is 0 Å². The largest absolute Gasteiger partial charge is 0.373 e. The van der Waals surface area contributed by atoms with Crippen LogP contribution in [0.5, 0.6) is 0 Å². The molecule has 12 heavy (non-hydrogen) atoms. The number of allylic oxidation sites excluding steroid dienone is 1. The van der Waals surface area contributed by atoms with Crippen molar-refractivity contribution >= 4 is 5.84 Å². The average molecular weight is 166 g/mol. The topological polar surface area (TPSA) is 24.4 Å². The third-order valence-corrected chi connectivity index (χ3v) is 1.76. The zero-order valence-corrected chi connectivity index (χ0v) is 8.39. The summed E-state index contributed by atoms with van der Waals surface area (Å²) in [5, 5.41) is 2.99. The second-order valence-corrected chi connectivity index (χ2v) is 2.99. The molecule has 2 nitrogen and oxygen atoms in total. The molecular formula is C10H18N2. The predicted molar refractivity (Wildman–Crippen MR) is 55.3 cm³/mol. The van der Waals surface area contributed by atoms with Crippen LogP contribution in [0.1, 0.15) is 20.8 Å². The average Bonchev–Trinajstić information content (AvgIpc) is 2.03. The lowest BCUT2D eigenvalue weighted by Crippen LogP contribution is -2.16. The molecule has 0 fully saturated rings. The van der Waals surface area contributed by atoms with E-state index >= 15 is 0 Å². The molecular weight excluding hydrogens is 148 g/mol. The van der Waals surface area contributed by atoms with Crippen LogP contribution in [-0.4, -0.2) is 12.9 Å². The second kappa shape index (κ2) is 5.58. The Morgan fingerprint density at radius 2 is 2.08 bits per heavy atom. The summed E-state index contributed by atoms with van der Waals surface area (Å²) in [6.45, 7) is 9.96. The van der Waals surface area contributed by atoms with Crippen molar-refractivity contribution < 1.29 is 0 Å². The molecule has 0 bridgehead atoms. The van der Waals surface area contributed by atoms with Crippen LogP contribution in [-0.2, 0) is 0 Å². The van der Waals surface area contributed by atoms with Gasteiger partial charge in [-0.2, -0.15) is 0 Å². The monoisotopic (exact) mass is 166 g/mol. The van der Waals surface area contributed by atoms with Gasteiger partial charge in [0, 0.05) is 13.2 Å². The molecule has 0 unspecified atom stereocenters. The molecule has 0 saturated heterocycles. The molecule has 0 saturated carbocycles. The molecule has 1 N–H and O–H groups in total. The molecule has 2 heteroatoms. The smallest absolute Gasteiger partial charge is 0.125 e. The Hall–Kier alpha value is -1.05. The van der Waals surface area contributed by atoms with Crippen molar-refractivity contribution in [2.75, 3.05) is 7.05 Å². The molecule has 0 aromatic heterocycles. The van der Waals surface area contributed by atoms with Gasteiger partial charge in [0.25, 0.3) is 0 Å². The lowest BCUT2D eigenvalue weighted by molar-refractivity contribution is 0.770. The van der Waals surface area contributed by atoms with Crippen LogP contribution in [0, 0.1) is 5.92 Å². The van der Waals surface area contributed by atoms with E-state index in [1.165, 1.54) is 11.8 Å². The summed E-state index contributed by atoms with van der Waals surface area (Å²) in [6, 6.07) is 0. The van der Waals surface area contributed by atoms with Crippen LogP contribution >= 0.6 is 0 Å². The van der Waals surface area contributed by atoms with Crippen molar-refractivity contribution in [1.82, 2.24) is 5.32 Å². The van der Waals surface area contributed by atoms with Crippen molar-refractivity contribution in [1.29, 1.82) is 0 Å². The second-order valence-electron chi connectivity index (χ2n) is 2.99. The van der Waals surface area contributed by atoms with Crippen molar-refractivity contribution in [3.05, 3.63) is 24.4 Å². The minimum Gasteiger partial charge on any atom is -0.373 e. The summed E-state index contributed by atoms with van der Waals surface area (Å²) in [7, 11) is 1.85. The zero-order chi connectivity index (χ0) is 9.56. The number of amidine groups is 1. The third kappa shape index (κ3) is 3.96. The van der Waals surface area contributed by atoms with Crippen molar-refractivity contribution in [3.63, 3.8) is 0 Å². The highest BCUT2D eigenvalue weighted by atomic mass is 14.9. The SMILES string of the molecule is C=C/N=C(/C=C(\C)C(C)C)NC. The summed E-state index contributed by atoms with van der Waals surface area (Å²) < 4.78 is 0. The number of hydrogen-bond acceptors (Lipinski definition) is 1. The van der Waals surface area contributed by atoms with Gasteiger partial charge in [-0.05, 0) is 18.9 Å². The molecule has 0 heterocycles. The Morgan fingerprint density at radius 3 is 2.42 bits per heavy atom. The van der Waals surface area contributed by atoms with Crippen LogP contribution in [0.15, 0.2) is 29.4 Å². The normalized spacial score (nSPS) is 13.4. The molecule has 0 aromatic rings. The number of rotatable bonds is 3. The Bertz CT molecular complexity index is 200. The maximum Gasteiger partial charge on any atom is 0.125 e. The molecule has 0 amide bonds. The Kier molecular flexibility index (Phi) is 5.09. The highest BCUT2D eigenvalue weighted by molar-refractivity contribution is 5.93. The zero-order valence-electron chi connectivity index (χ0n) is 8.39. The van der Waals surface area contributed by atoms with Crippen LogP contribution in [0.25, 0.3) is 0 Å². The maximum atomic E-state index is 4.06. The first-order valence-corrected chi connectivity index (χ1v) is 4.16. The van der Waals surface area contributed by atoms with Crippen molar-refractivity contribution in [3.8, 4) is 0 Å². The number of nitrogens with one attached hydrogen (secondary N) is 1. The fourth-order valence-corrected chi connectivity index (χ4v) is 0.655. The van der Waals surface area contributed by atoms with Crippen LogP contribution in [0.4, 0.5) is 0 Å². The van der Waals surface area contributed by atoms with E-state index in [2.05, 4.69) is 37.7 Å². The molecule has 0 radical (unpaired) electrons. The van der Waals surface area contributed by atoms with Gasteiger partial charge in [0.1, 0.15) is 5.84 Å². The first-order valence-electron chi connectivity index (χ1n) is 4.16. The van der Waals surface area contributed by atoms with Gasteiger partial charge in [-0.3, -0.25) is 0 Å². The maximum absolute atomic E-state index is 4.06.